The minimum absolute atomic E-state index is 0.0188. The number of hydrogen-bond acceptors (Lipinski definition) is 11. The van der Waals surface area contributed by atoms with Gasteiger partial charge in [0.25, 0.3) is 0 Å². The number of phenolic OH excluding ortho intramolecular Hbond substituents is 1. The number of Topliss-reactive ketones (excluding diaryl/α,β-unsaturated/α-hetero) is 4. The van der Waals surface area contributed by atoms with Crippen molar-refractivity contribution in [1.82, 2.24) is 4.90 Å². The minimum atomic E-state index is -2.85. The van der Waals surface area contributed by atoms with Crippen molar-refractivity contribution in [2.45, 2.75) is 24.5 Å². The molecule has 13 nitrogen and oxygen atoms in total. The number of primary amides is 1. The van der Waals surface area contributed by atoms with Crippen molar-refractivity contribution in [1.29, 1.82) is 0 Å². The maximum atomic E-state index is 13.7. The second kappa shape index (κ2) is 8.17. The first kappa shape index (κ1) is 25.4. The molecule has 4 N–H and O–H groups in total. The molecule has 6 atom stereocenters. The van der Waals surface area contributed by atoms with E-state index in [0.29, 0.717) is 5.69 Å². The molecule has 0 aromatic heterocycles. The van der Waals surface area contributed by atoms with E-state index in [1.54, 1.807) is 14.1 Å². The van der Waals surface area contributed by atoms with E-state index in [0.717, 1.165) is 6.07 Å². The Balaban J connectivity index is 1.93. The topological polar surface area (TPSA) is 201 Å². The highest BCUT2D eigenvalue weighted by Crippen LogP contribution is 2.52. The van der Waals surface area contributed by atoms with E-state index in [1.165, 1.54) is 23.9 Å². The van der Waals surface area contributed by atoms with Crippen LogP contribution in [0.15, 0.2) is 6.07 Å². The van der Waals surface area contributed by atoms with E-state index >= 15 is 0 Å². The van der Waals surface area contributed by atoms with Crippen molar-refractivity contribution < 1.29 is 39.1 Å². The van der Waals surface area contributed by atoms with E-state index in [4.69, 9.17) is 5.73 Å². The van der Waals surface area contributed by atoms with Crippen LogP contribution in [0.4, 0.5) is 11.4 Å². The van der Waals surface area contributed by atoms with Gasteiger partial charge in [-0.2, -0.15) is 0 Å². The maximum absolute atomic E-state index is 13.7. The lowest BCUT2D eigenvalue weighted by atomic mass is 9.52. The van der Waals surface area contributed by atoms with Crippen molar-refractivity contribution in [2.75, 3.05) is 33.1 Å². The third-order valence-corrected chi connectivity index (χ3v) is 7.70. The van der Waals surface area contributed by atoms with Crippen molar-refractivity contribution >= 4 is 40.4 Å². The summed E-state index contributed by atoms with van der Waals surface area (Å²) in [6.07, 6.45) is -0.0839. The number of likely N-dealkylation sites (N-methyl/N-ethyl adjacent to an activating group) is 1. The smallest absolute Gasteiger partial charge is 0.313 e. The Bertz CT molecular complexity index is 1260. The van der Waals surface area contributed by atoms with Gasteiger partial charge in [-0.15, -0.1) is 0 Å². The number of nitro groups is 1. The zero-order chi connectivity index (χ0) is 27.0. The number of benzene rings is 1. The summed E-state index contributed by atoms with van der Waals surface area (Å²) >= 11 is 0. The van der Waals surface area contributed by atoms with Gasteiger partial charge in [-0.1, -0.05) is 0 Å². The monoisotopic (exact) mass is 502 g/mol. The van der Waals surface area contributed by atoms with Crippen molar-refractivity contribution in [3.05, 3.63) is 27.3 Å². The summed E-state index contributed by atoms with van der Waals surface area (Å²) in [6, 6.07) is -0.0681. The Morgan fingerprint density at radius 3 is 2.28 bits per heavy atom. The molecule has 36 heavy (non-hydrogen) atoms. The zero-order valence-corrected chi connectivity index (χ0v) is 20.0. The first-order valence-electron chi connectivity index (χ1n) is 11.2. The quantitative estimate of drug-likeness (QED) is 0.255. The largest absolute Gasteiger partial charge is 0.502 e. The van der Waals surface area contributed by atoms with Gasteiger partial charge in [0.2, 0.25) is 11.7 Å². The number of nitrogens with two attached hydrogens (primary N) is 1. The van der Waals surface area contributed by atoms with E-state index in [-0.39, 0.29) is 18.4 Å². The van der Waals surface area contributed by atoms with Crippen LogP contribution in [0.2, 0.25) is 0 Å². The lowest BCUT2D eigenvalue weighted by molar-refractivity contribution is -0.385. The Hall–Kier alpha value is -3.71. The maximum Gasteiger partial charge on any atom is 0.313 e. The van der Waals surface area contributed by atoms with Gasteiger partial charge < -0.3 is 20.8 Å². The molecule has 2 fully saturated rings. The Morgan fingerprint density at radius 2 is 1.78 bits per heavy atom. The molecule has 1 amide bonds. The molecule has 13 heteroatoms. The Labute approximate surface area is 205 Å². The molecule has 3 aliphatic rings. The standard InChI is InChI=1S/C23H26N4O9/c1-25(2)11-7-12(27(35)36)17(28)14-9(11)5-8-6-10-16(26(3)4)19(30)15(22(24)33)21(32)23(10,34)20(31)13(8)18(14)29/h7-8,10,13,15-16,28,34H,5-6H2,1-4H3,(H2,24,33)/t8-,10-,13?,15?,16-,23-/m0/s1. The summed E-state index contributed by atoms with van der Waals surface area (Å²) in [5.41, 5.74) is 1.86. The van der Waals surface area contributed by atoms with Crippen LogP contribution in [0.3, 0.4) is 0 Å². The van der Waals surface area contributed by atoms with Gasteiger partial charge >= 0.3 is 5.69 Å². The number of carbonyl (C=O) groups is 5. The van der Waals surface area contributed by atoms with Gasteiger partial charge in [0.15, 0.2) is 34.7 Å². The number of hydrogen-bond donors (Lipinski definition) is 3. The highest BCUT2D eigenvalue weighted by Gasteiger charge is 2.69. The summed E-state index contributed by atoms with van der Waals surface area (Å²) in [4.78, 5) is 79.3. The fraction of sp³-hybridized carbons (Fsp3) is 0.522. The average Bonchev–Trinajstić information content (AvgIpc) is 2.75. The predicted octanol–water partition coefficient (Wildman–Crippen LogP) is -1.16. The Morgan fingerprint density at radius 1 is 1.17 bits per heavy atom. The number of nitrogens with zero attached hydrogens (tertiary/aromatic N) is 3. The van der Waals surface area contributed by atoms with E-state index < -0.39 is 86.3 Å². The Kier molecular flexibility index (Phi) is 5.76. The summed E-state index contributed by atoms with van der Waals surface area (Å²) in [5, 5.41) is 33.7. The highest BCUT2D eigenvalue weighted by atomic mass is 16.6. The number of aromatic hydroxyl groups is 1. The first-order chi connectivity index (χ1) is 16.7. The molecular weight excluding hydrogens is 476 g/mol. The molecular formula is C23H26N4O9. The van der Waals surface area contributed by atoms with Crippen molar-refractivity contribution in [2.24, 2.45) is 29.4 Å². The molecule has 0 spiro atoms. The van der Waals surface area contributed by atoms with Crippen molar-refractivity contribution in [3.8, 4) is 5.75 Å². The number of fused-ring (bicyclic) bond motifs is 3. The third-order valence-electron chi connectivity index (χ3n) is 7.70. The van der Waals surface area contributed by atoms with Gasteiger partial charge in [-0.05, 0) is 38.4 Å². The second-order valence-electron chi connectivity index (χ2n) is 10.1. The number of carbonyl (C=O) groups excluding carboxylic acids is 5. The average molecular weight is 502 g/mol. The fourth-order valence-corrected chi connectivity index (χ4v) is 6.18. The van der Waals surface area contributed by atoms with Gasteiger partial charge in [-0.25, -0.2) is 0 Å². The van der Waals surface area contributed by atoms with Crippen LogP contribution in [0.25, 0.3) is 0 Å². The van der Waals surface area contributed by atoms with Crippen LogP contribution < -0.4 is 10.6 Å². The molecule has 4 rings (SSSR count). The number of nitro benzene ring substituents is 1. The SMILES string of the molecule is CN(C)c1cc([N+](=O)[O-])c(O)c2c1C[C@H]1C[C@H]3[C@H](N(C)C)C(=O)C(C(N)=O)C(=O)[C@@]3(O)C(=O)C1C2=O. The molecule has 0 heterocycles. The second-order valence-corrected chi connectivity index (χ2v) is 10.1. The van der Waals surface area contributed by atoms with Crippen LogP contribution in [0.5, 0.6) is 5.75 Å². The molecule has 1 aromatic carbocycles. The number of aliphatic hydroxyl groups is 1. The molecule has 0 radical (unpaired) electrons. The molecule has 1 aromatic rings. The third kappa shape index (κ3) is 3.19. The molecule has 192 valence electrons. The van der Waals surface area contributed by atoms with E-state index in [1.807, 2.05) is 0 Å². The van der Waals surface area contributed by atoms with Gasteiger partial charge in [-0.3, -0.25) is 39.0 Å². The normalized spacial score (nSPS) is 31.6. The highest BCUT2D eigenvalue weighted by molar-refractivity contribution is 6.32. The molecule has 2 unspecified atom stereocenters. The van der Waals surface area contributed by atoms with Crippen LogP contribution in [-0.2, 0) is 25.6 Å². The van der Waals surface area contributed by atoms with E-state index in [2.05, 4.69) is 0 Å². The number of amides is 1. The molecule has 3 aliphatic carbocycles. The summed E-state index contributed by atoms with van der Waals surface area (Å²) in [5.74, 6) is -12.3. The summed E-state index contributed by atoms with van der Waals surface area (Å²) in [7, 11) is 6.19. The first-order valence-corrected chi connectivity index (χ1v) is 11.2. The number of ketones is 4. The van der Waals surface area contributed by atoms with E-state index in [9.17, 15) is 44.3 Å². The molecule has 0 aliphatic heterocycles. The lowest BCUT2D eigenvalue weighted by Gasteiger charge is -2.52. The van der Waals surface area contributed by atoms with Crippen LogP contribution in [0.1, 0.15) is 22.3 Å². The fourth-order valence-electron chi connectivity index (χ4n) is 6.18. The number of phenols is 1. The predicted molar refractivity (Wildman–Crippen MR) is 122 cm³/mol. The lowest BCUT2D eigenvalue weighted by Crippen LogP contribution is -2.74. The van der Waals surface area contributed by atoms with Gasteiger partial charge in [0.05, 0.1) is 22.4 Å². The van der Waals surface area contributed by atoms with Crippen LogP contribution in [0, 0.1) is 33.8 Å². The number of anilines is 1. The molecule has 2 saturated carbocycles. The van der Waals surface area contributed by atoms with Crippen LogP contribution in [-0.4, -0.2) is 88.9 Å². The van der Waals surface area contributed by atoms with Crippen LogP contribution >= 0.6 is 0 Å². The zero-order valence-electron chi connectivity index (χ0n) is 20.0. The van der Waals surface area contributed by atoms with Crippen molar-refractivity contribution in [3.63, 3.8) is 0 Å². The van der Waals surface area contributed by atoms with Gasteiger partial charge in [0.1, 0.15) is 0 Å². The minimum Gasteiger partial charge on any atom is -0.502 e. The summed E-state index contributed by atoms with van der Waals surface area (Å²) in [6.45, 7) is 0. The molecule has 0 bridgehead atoms. The van der Waals surface area contributed by atoms with Gasteiger partial charge in [0, 0.05) is 31.8 Å². The molecule has 0 saturated heterocycles. The summed E-state index contributed by atoms with van der Waals surface area (Å²) < 4.78 is 0. The number of rotatable bonds is 4.